The molecule has 0 bridgehead atoms. The van der Waals surface area contributed by atoms with Gasteiger partial charge in [0.2, 0.25) is 5.91 Å². The summed E-state index contributed by atoms with van der Waals surface area (Å²) in [7, 11) is 0. The largest absolute Gasteiger partial charge is 0.412 e. The number of aliphatic imine (C=N–C) groups is 1. The molecule has 8 heteroatoms. The number of amidine groups is 1. The molecule has 21 heavy (non-hydrogen) atoms. The molecule has 1 heterocycles. The van der Waals surface area contributed by atoms with Crippen LogP contribution in [0.5, 0.6) is 0 Å². The van der Waals surface area contributed by atoms with Crippen molar-refractivity contribution in [1.29, 1.82) is 5.26 Å². The van der Waals surface area contributed by atoms with Gasteiger partial charge in [-0.2, -0.15) is 18.4 Å². The molecule has 1 amide bonds. The summed E-state index contributed by atoms with van der Waals surface area (Å²) >= 11 is 0.995. The molecule has 0 spiro atoms. The quantitative estimate of drug-likeness (QED) is 0.912. The van der Waals surface area contributed by atoms with Crippen molar-refractivity contribution in [2.24, 2.45) is 10.9 Å². The highest BCUT2D eigenvalue weighted by atomic mass is 32.2. The van der Waals surface area contributed by atoms with E-state index >= 15 is 0 Å². The highest BCUT2D eigenvalue weighted by molar-refractivity contribution is 8.13. The molecular weight excluding hydrogens is 303 g/mol. The lowest BCUT2D eigenvalue weighted by Gasteiger charge is -2.26. The summed E-state index contributed by atoms with van der Waals surface area (Å²) in [6.45, 7) is 0. The van der Waals surface area contributed by atoms with E-state index in [-0.39, 0.29) is 5.17 Å². The molecule has 4 nitrogen and oxygen atoms in total. The Bertz CT molecular complexity index is 595. The molecule has 0 saturated heterocycles. The average Bonchev–Trinajstić information content (AvgIpc) is 2.44. The first kappa shape index (κ1) is 15.4. The number of hydrogen-bond acceptors (Lipinski definition) is 4. The van der Waals surface area contributed by atoms with Gasteiger partial charge in [-0.3, -0.25) is 4.79 Å². The summed E-state index contributed by atoms with van der Waals surface area (Å²) in [6.07, 6.45) is -4.73. The minimum atomic E-state index is -4.73. The van der Waals surface area contributed by atoms with Crippen LogP contribution in [-0.4, -0.2) is 23.3 Å². The van der Waals surface area contributed by atoms with E-state index in [1.165, 1.54) is 6.07 Å². The zero-order chi connectivity index (χ0) is 15.5. The molecule has 1 N–H and O–H groups in total. The second-order valence-corrected chi connectivity index (χ2v) is 5.26. The number of rotatable bonds is 2. The Morgan fingerprint density at radius 3 is 2.57 bits per heavy atom. The average molecular weight is 313 g/mol. The van der Waals surface area contributed by atoms with Gasteiger partial charge in [0.25, 0.3) is 0 Å². The van der Waals surface area contributed by atoms with Crippen molar-refractivity contribution < 1.29 is 18.0 Å². The number of carbonyl (C=O) groups is 1. The van der Waals surface area contributed by atoms with Crippen LogP contribution in [0.4, 0.5) is 13.2 Å². The van der Waals surface area contributed by atoms with E-state index in [2.05, 4.69) is 10.3 Å². The van der Waals surface area contributed by atoms with Gasteiger partial charge in [-0.05, 0) is 5.56 Å². The highest BCUT2D eigenvalue weighted by Gasteiger charge is 2.50. The maximum Gasteiger partial charge on any atom is 0.412 e. The number of nitrogens with one attached hydrogen (secondary N) is 1. The number of benzene rings is 1. The van der Waals surface area contributed by atoms with Crippen LogP contribution in [0.2, 0.25) is 0 Å². The summed E-state index contributed by atoms with van der Waals surface area (Å²) in [6, 6.07) is 8.12. The fourth-order valence-electron chi connectivity index (χ4n) is 1.75. The Morgan fingerprint density at radius 2 is 2.00 bits per heavy atom. The van der Waals surface area contributed by atoms with Crippen LogP contribution < -0.4 is 5.32 Å². The summed E-state index contributed by atoms with van der Waals surface area (Å²) in [5, 5.41) is 10.8. The lowest BCUT2D eigenvalue weighted by molar-refractivity contribution is -0.161. The van der Waals surface area contributed by atoms with E-state index in [1.807, 2.05) is 18.2 Å². The van der Waals surface area contributed by atoms with Gasteiger partial charge in [-0.25, -0.2) is 4.99 Å². The smallest absolute Gasteiger partial charge is 0.304 e. The topological polar surface area (TPSA) is 65.2 Å². The zero-order valence-electron chi connectivity index (χ0n) is 10.6. The van der Waals surface area contributed by atoms with Gasteiger partial charge in [0.15, 0.2) is 17.1 Å². The summed E-state index contributed by atoms with van der Waals surface area (Å²) in [5.41, 5.74) is 0.894. The summed E-state index contributed by atoms with van der Waals surface area (Å²) in [5.74, 6) is -2.43. The van der Waals surface area contributed by atoms with Gasteiger partial charge >= 0.3 is 6.18 Å². The Kier molecular flexibility index (Phi) is 4.53. The van der Waals surface area contributed by atoms with Gasteiger partial charge in [0.1, 0.15) is 0 Å². The lowest BCUT2D eigenvalue weighted by atomic mass is 9.99. The van der Waals surface area contributed by atoms with Crippen molar-refractivity contribution in [3.05, 3.63) is 35.9 Å². The molecule has 1 aliphatic rings. The van der Waals surface area contributed by atoms with Gasteiger partial charge in [-0.15, -0.1) is 0 Å². The van der Waals surface area contributed by atoms with E-state index in [9.17, 15) is 18.0 Å². The molecule has 0 fully saturated rings. The molecule has 0 aromatic heterocycles. The molecule has 0 saturated carbocycles. The first-order chi connectivity index (χ1) is 9.91. The molecule has 1 aliphatic heterocycles. The van der Waals surface area contributed by atoms with Crippen LogP contribution in [0.1, 0.15) is 5.56 Å². The third-order valence-corrected chi connectivity index (χ3v) is 3.74. The number of thioether (sulfide) groups is 1. The van der Waals surface area contributed by atoms with Crippen LogP contribution in [0, 0.1) is 17.2 Å². The number of alkyl halides is 3. The van der Waals surface area contributed by atoms with Crippen molar-refractivity contribution in [3.63, 3.8) is 0 Å². The van der Waals surface area contributed by atoms with E-state index in [0.29, 0.717) is 5.75 Å². The van der Waals surface area contributed by atoms with Crippen LogP contribution in [0.25, 0.3) is 0 Å². The fraction of sp³-hybridized carbons (Fsp3) is 0.308. The van der Waals surface area contributed by atoms with Crippen molar-refractivity contribution in [1.82, 2.24) is 5.32 Å². The third-order valence-electron chi connectivity index (χ3n) is 2.78. The van der Waals surface area contributed by atoms with Crippen LogP contribution in [0.15, 0.2) is 35.3 Å². The second kappa shape index (κ2) is 6.18. The fourth-order valence-corrected chi connectivity index (χ4v) is 2.61. The number of nitrogens with zero attached hydrogens (tertiary/aromatic N) is 2. The van der Waals surface area contributed by atoms with Crippen molar-refractivity contribution >= 4 is 22.8 Å². The Hall–Kier alpha value is -2.01. The van der Waals surface area contributed by atoms with E-state index < -0.39 is 24.0 Å². The molecule has 2 atom stereocenters. The molecule has 0 aliphatic carbocycles. The van der Waals surface area contributed by atoms with Crippen molar-refractivity contribution in [3.8, 4) is 6.07 Å². The van der Waals surface area contributed by atoms with Crippen molar-refractivity contribution in [2.45, 2.75) is 18.0 Å². The molecule has 2 rings (SSSR count). The predicted octanol–water partition coefficient (Wildman–Crippen LogP) is 2.48. The van der Waals surface area contributed by atoms with Gasteiger partial charge in [-0.1, -0.05) is 42.1 Å². The van der Waals surface area contributed by atoms with E-state index in [1.54, 1.807) is 12.1 Å². The van der Waals surface area contributed by atoms with Crippen LogP contribution in [-0.2, 0) is 10.5 Å². The van der Waals surface area contributed by atoms with Gasteiger partial charge < -0.3 is 5.32 Å². The first-order valence-electron chi connectivity index (χ1n) is 5.93. The maximum atomic E-state index is 12.8. The third kappa shape index (κ3) is 3.76. The Balaban J connectivity index is 2.14. The second-order valence-electron chi connectivity index (χ2n) is 4.29. The Labute approximate surface area is 123 Å². The number of nitriles is 1. The number of hydrogen-bond donors (Lipinski definition) is 1. The normalized spacial score (nSPS) is 22.2. The van der Waals surface area contributed by atoms with Gasteiger partial charge in [0.05, 0.1) is 6.07 Å². The first-order valence-corrected chi connectivity index (χ1v) is 6.92. The molecular formula is C13H10F3N3OS. The molecule has 110 valence electrons. The minimum Gasteiger partial charge on any atom is -0.304 e. The van der Waals surface area contributed by atoms with E-state index in [4.69, 9.17) is 5.26 Å². The van der Waals surface area contributed by atoms with Gasteiger partial charge in [0, 0.05) is 5.75 Å². The highest BCUT2D eigenvalue weighted by Crippen LogP contribution is 2.31. The molecule has 0 radical (unpaired) electrons. The predicted molar refractivity (Wildman–Crippen MR) is 72.3 cm³/mol. The SMILES string of the molecule is N#CC1C(=O)NC(SCc2ccccc2)=NC1C(F)(F)F. The molecule has 2 unspecified atom stereocenters. The van der Waals surface area contributed by atoms with Crippen molar-refractivity contribution in [2.75, 3.05) is 0 Å². The Morgan fingerprint density at radius 1 is 1.33 bits per heavy atom. The molecule has 1 aromatic rings. The monoisotopic (exact) mass is 313 g/mol. The number of halogens is 3. The summed E-state index contributed by atoms with van der Waals surface area (Å²) in [4.78, 5) is 15.0. The zero-order valence-corrected chi connectivity index (χ0v) is 11.4. The van der Waals surface area contributed by atoms with E-state index in [0.717, 1.165) is 17.3 Å². The van der Waals surface area contributed by atoms with Crippen LogP contribution in [0.3, 0.4) is 0 Å². The number of amides is 1. The van der Waals surface area contributed by atoms with Crippen LogP contribution >= 0.6 is 11.8 Å². The maximum absolute atomic E-state index is 12.8. The number of carbonyl (C=O) groups excluding carboxylic acids is 1. The summed E-state index contributed by atoms with van der Waals surface area (Å²) < 4.78 is 38.5. The molecule has 1 aromatic carbocycles. The lowest BCUT2D eigenvalue weighted by Crippen LogP contribution is -2.49. The minimum absolute atomic E-state index is 0.113. The standard InChI is InChI=1S/C13H10F3N3OS/c14-13(15,16)10-9(6-17)11(20)19-12(18-10)21-7-8-4-2-1-3-5-8/h1-5,9-10H,7H2,(H,18,19,20).